The molecule has 0 radical (unpaired) electrons. The van der Waals surface area contributed by atoms with E-state index in [9.17, 15) is 8.42 Å². The third kappa shape index (κ3) is 3.76. The second-order valence-electron chi connectivity index (χ2n) is 6.40. The van der Waals surface area contributed by atoms with Crippen LogP contribution in [0.2, 0.25) is 0 Å². The number of rotatable bonds is 5. The van der Waals surface area contributed by atoms with Gasteiger partial charge in [-0.15, -0.1) is 0 Å². The van der Waals surface area contributed by atoms with Gasteiger partial charge in [0.1, 0.15) is 9.84 Å². The maximum absolute atomic E-state index is 11.9. The molecule has 2 fully saturated rings. The van der Waals surface area contributed by atoms with Crippen LogP contribution in [0.5, 0.6) is 0 Å². The molecule has 1 aliphatic heterocycles. The zero-order valence-corrected chi connectivity index (χ0v) is 13.8. The van der Waals surface area contributed by atoms with Crippen LogP contribution in [0.15, 0.2) is 0 Å². The minimum atomic E-state index is -2.99. The number of hydrogen-bond donors (Lipinski definition) is 2. The van der Waals surface area contributed by atoms with Gasteiger partial charge in [0.25, 0.3) is 0 Å². The minimum Gasteiger partial charge on any atom is -0.381 e. The first-order valence-corrected chi connectivity index (χ1v) is 9.66. The summed E-state index contributed by atoms with van der Waals surface area (Å²) >= 11 is 0. The molecular formula is C14H28N2O4S. The summed E-state index contributed by atoms with van der Waals surface area (Å²) in [4.78, 5) is 0. The summed E-state index contributed by atoms with van der Waals surface area (Å²) in [5.74, 6) is 6.05. The van der Waals surface area contributed by atoms with E-state index in [-0.39, 0.29) is 22.8 Å². The van der Waals surface area contributed by atoms with Gasteiger partial charge < -0.3 is 9.47 Å². The van der Waals surface area contributed by atoms with Crippen LogP contribution < -0.4 is 11.3 Å². The largest absolute Gasteiger partial charge is 0.381 e. The second kappa shape index (κ2) is 6.91. The standard InChI is InChI=1S/C14H28N2O4S/c1-19-14(6-8-20-9-7-14)13(16-15)11-4-3-5-12(10-11)21(2,17)18/h11-13,16H,3-10,15H2,1-2H3. The highest BCUT2D eigenvalue weighted by Gasteiger charge is 2.46. The molecule has 0 aromatic carbocycles. The number of ether oxygens (including phenoxy) is 2. The quantitative estimate of drug-likeness (QED) is 0.570. The van der Waals surface area contributed by atoms with Crippen molar-refractivity contribution >= 4 is 9.84 Å². The molecule has 0 aromatic heterocycles. The van der Waals surface area contributed by atoms with Gasteiger partial charge in [0.05, 0.1) is 16.9 Å². The first kappa shape index (κ1) is 17.1. The summed E-state index contributed by atoms with van der Waals surface area (Å²) in [5, 5.41) is -0.249. The Bertz CT molecular complexity index is 434. The molecule has 1 aliphatic carbocycles. The van der Waals surface area contributed by atoms with Gasteiger partial charge in [0, 0.05) is 39.4 Å². The highest BCUT2D eigenvalue weighted by Crippen LogP contribution is 2.38. The van der Waals surface area contributed by atoms with Crippen LogP contribution in [0.25, 0.3) is 0 Å². The Morgan fingerprint density at radius 1 is 1.33 bits per heavy atom. The number of nitrogens with one attached hydrogen (secondary N) is 1. The molecule has 3 N–H and O–H groups in total. The Kier molecular flexibility index (Phi) is 5.65. The molecular weight excluding hydrogens is 292 g/mol. The Balaban J connectivity index is 2.16. The monoisotopic (exact) mass is 320 g/mol. The van der Waals surface area contributed by atoms with Gasteiger partial charge >= 0.3 is 0 Å². The normalized spacial score (nSPS) is 31.8. The predicted molar refractivity (Wildman–Crippen MR) is 81.5 cm³/mol. The summed E-state index contributed by atoms with van der Waals surface area (Å²) < 4.78 is 35.0. The molecule has 7 heteroatoms. The highest BCUT2D eigenvalue weighted by molar-refractivity contribution is 7.91. The first-order valence-electron chi connectivity index (χ1n) is 7.71. The lowest BCUT2D eigenvalue weighted by atomic mass is 9.73. The number of nitrogens with two attached hydrogens (primary N) is 1. The van der Waals surface area contributed by atoms with Crippen LogP contribution in [-0.4, -0.2) is 51.9 Å². The van der Waals surface area contributed by atoms with E-state index in [2.05, 4.69) is 5.43 Å². The van der Waals surface area contributed by atoms with E-state index in [1.165, 1.54) is 6.26 Å². The molecule has 6 nitrogen and oxygen atoms in total. The molecule has 3 unspecified atom stereocenters. The van der Waals surface area contributed by atoms with Crippen molar-refractivity contribution in [3.8, 4) is 0 Å². The van der Waals surface area contributed by atoms with Gasteiger partial charge in [-0.1, -0.05) is 6.42 Å². The Hall–Kier alpha value is -0.210. The van der Waals surface area contributed by atoms with Crippen molar-refractivity contribution in [1.29, 1.82) is 0 Å². The zero-order chi connectivity index (χ0) is 15.5. The molecule has 124 valence electrons. The van der Waals surface area contributed by atoms with Crippen molar-refractivity contribution < 1.29 is 17.9 Å². The lowest BCUT2D eigenvalue weighted by molar-refractivity contribution is -0.123. The highest BCUT2D eigenvalue weighted by atomic mass is 32.2. The maximum Gasteiger partial charge on any atom is 0.150 e. The van der Waals surface area contributed by atoms with Crippen LogP contribution in [0.4, 0.5) is 0 Å². The van der Waals surface area contributed by atoms with E-state index < -0.39 is 9.84 Å². The number of hydrazine groups is 1. The summed E-state index contributed by atoms with van der Waals surface area (Å²) in [6.45, 7) is 1.32. The van der Waals surface area contributed by atoms with E-state index in [4.69, 9.17) is 15.3 Å². The average molecular weight is 320 g/mol. The smallest absolute Gasteiger partial charge is 0.150 e. The molecule has 0 aromatic rings. The first-order chi connectivity index (χ1) is 9.93. The van der Waals surface area contributed by atoms with E-state index in [0.717, 1.165) is 32.1 Å². The Labute approximate surface area is 127 Å². The topological polar surface area (TPSA) is 90.6 Å². The molecule has 2 aliphatic rings. The molecule has 1 saturated heterocycles. The van der Waals surface area contributed by atoms with E-state index in [1.54, 1.807) is 7.11 Å². The van der Waals surface area contributed by atoms with Gasteiger partial charge in [0.15, 0.2) is 0 Å². The fourth-order valence-electron chi connectivity index (χ4n) is 3.95. The van der Waals surface area contributed by atoms with Gasteiger partial charge in [-0.05, 0) is 25.2 Å². The van der Waals surface area contributed by atoms with Crippen LogP contribution in [-0.2, 0) is 19.3 Å². The van der Waals surface area contributed by atoms with E-state index >= 15 is 0 Å². The van der Waals surface area contributed by atoms with E-state index in [0.29, 0.717) is 19.6 Å². The summed E-state index contributed by atoms with van der Waals surface area (Å²) in [6.07, 6.45) is 6.27. The van der Waals surface area contributed by atoms with Gasteiger partial charge in [-0.2, -0.15) is 0 Å². The van der Waals surface area contributed by atoms with Gasteiger partial charge in [-0.3, -0.25) is 11.3 Å². The SMILES string of the molecule is COC1(C(NN)C2CCCC(S(C)(=O)=O)C2)CCOCC1. The molecule has 3 atom stereocenters. The number of hydrogen-bond acceptors (Lipinski definition) is 6. The number of methoxy groups -OCH3 is 1. The summed E-state index contributed by atoms with van der Waals surface area (Å²) in [6, 6.07) is -0.0315. The molecule has 0 spiro atoms. The summed E-state index contributed by atoms with van der Waals surface area (Å²) in [5.41, 5.74) is 2.58. The van der Waals surface area contributed by atoms with Crippen LogP contribution in [0.1, 0.15) is 38.5 Å². The van der Waals surface area contributed by atoms with Crippen molar-refractivity contribution in [2.75, 3.05) is 26.6 Å². The van der Waals surface area contributed by atoms with Crippen molar-refractivity contribution in [2.45, 2.75) is 55.4 Å². The van der Waals surface area contributed by atoms with Gasteiger partial charge in [0.2, 0.25) is 0 Å². The van der Waals surface area contributed by atoms with Crippen molar-refractivity contribution in [3.63, 3.8) is 0 Å². The molecule has 0 bridgehead atoms. The number of sulfone groups is 1. The second-order valence-corrected chi connectivity index (χ2v) is 8.73. The molecule has 21 heavy (non-hydrogen) atoms. The van der Waals surface area contributed by atoms with Crippen LogP contribution in [0.3, 0.4) is 0 Å². The van der Waals surface area contributed by atoms with Crippen LogP contribution in [0, 0.1) is 5.92 Å². The molecule has 1 saturated carbocycles. The van der Waals surface area contributed by atoms with Crippen molar-refractivity contribution in [2.24, 2.45) is 11.8 Å². The van der Waals surface area contributed by atoms with Crippen molar-refractivity contribution in [3.05, 3.63) is 0 Å². The van der Waals surface area contributed by atoms with E-state index in [1.807, 2.05) is 0 Å². The van der Waals surface area contributed by atoms with Gasteiger partial charge in [-0.25, -0.2) is 8.42 Å². The van der Waals surface area contributed by atoms with Crippen LogP contribution >= 0.6 is 0 Å². The third-order valence-electron chi connectivity index (χ3n) is 5.24. The predicted octanol–water partition coefficient (Wildman–Crippen LogP) is 0.617. The lowest BCUT2D eigenvalue weighted by Gasteiger charge is -2.46. The Morgan fingerprint density at radius 2 is 2.00 bits per heavy atom. The third-order valence-corrected chi connectivity index (χ3v) is 6.87. The summed E-state index contributed by atoms with van der Waals surface area (Å²) in [7, 11) is -1.28. The maximum atomic E-state index is 11.9. The zero-order valence-electron chi connectivity index (χ0n) is 13.0. The molecule has 0 amide bonds. The Morgan fingerprint density at radius 3 is 2.52 bits per heavy atom. The average Bonchev–Trinajstić information content (AvgIpc) is 2.48. The fourth-order valence-corrected chi connectivity index (χ4v) is 5.14. The molecule has 2 rings (SSSR count). The minimum absolute atomic E-state index is 0.0315. The fraction of sp³-hybridized carbons (Fsp3) is 1.00. The van der Waals surface area contributed by atoms with Crippen molar-refractivity contribution in [1.82, 2.24) is 5.43 Å². The lowest BCUT2D eigenvalue weighted by Crippen LogP contribution is -2.61. The molecule has 1 heterocycles.